The maximum atomic E-state index is 12.6. The number of fused-ring (bicyclic) bond motifs is 2. The Labute approximate surface area is 139 Å². The summed E-state index contributed by atoms with van der Waals surface area (Å²) in [7, 11) is 0. The molecule has 1 N–H and O–H groups in total. The second-order valence-electron chi connectivity index (χ2n) is 5.98. The first-order valence-corrected chi connectivity index (χ1v) is 8.15. The molecule has 5 nitrogen and oxygen atoms in total. The molecule has 2 amide bonds. The Hall–Kier alpha value is -2.95. The van der Waals surface area contributed by atoms with Crippen LogP contribution in [-0.2, 0) is 6.42 Å². The molecule has 2 aromatic carbocycles. The van der Waals surface area contributed by atoms with Gasteiger partial charge in [-0.1, -0.05) is 25.5 Å². The summed E-state index contributed by atoms with van der Waals surface area (Å²) in [6.07, 6.45) is 3.08. The van der Waals surface area contributed by atoms with Crippen LogP contribution in [0, 0.1) is 0 Å². The van der Waals surface area contributed by atoms with Gasteiger partial charge in [0.15, 0.2) is 0 Å². The third-order valence-electron chi connectivity index (χ3n) is 4.33. The maximum Gasteiger partial charge on any atom is 0.266 e. The highest BCUT2D eigenvalue weighted by Gasteiger charge is 2.36. The molecular formula is C19H17N3O2. The highest BCUT2D eigenvalue weighted by Crippen LogP contribution is 2.30. The number of unbranched alkanes of at least 4 members (excludes halogenated alkanes) is 1. The van der Waals surface area contributed by atoms with Crippen LogP contribution in [0.2, 0.25) is 0 Å². The molecule has 1 aliphatic heterocycles. The van der Waals surface area contributed by atoms with E-state index in [0.29, 0.717) is 16.8 Å². The van der Waals surface area contributed by atoms with Gasteiger partial charge in [-0.15, -0.1) is 0 Å². The number of H-pyrrole nitrogens is 1. The third-order valence-corrected chi connectivity index (χ3v) is 4.33. The summed E-state index contributed by atoms with van der Waals surface area (Å²) in [5, 5.41) is 0. The molecule has 0 aliphatic carbocycles. The van der Waals surface area contributed by atoms with Crippen molar-refractivity contribution in [3.63, 3.8) is 0 Å². The van der Waals surface area contributed by atoms with Crippen molar-refractivity contribution in [1.29, 1.82) is 0 Å². The maximum absolute atomic E-state index is 12.6. The SMILES string of the molecule is CCCCc1nc2ccc(N3C(=O)c4ccccc4C3=O)cc2[nH]1. The quantitative estimate of drug-likeness (QED) is 0.746. The third kappa shape index (κ3) is 2.21. The molecule has 0 atom stereocenters. The predicted molar refractivity (Wildman–Crippen MR) is 92.3 cm³/mol. The summed E-state index contributed by atoms with van der Waals surface area (Å²) in [6, 6.07) is 12.4. The van der Waals surface area contributed by atoms with Gasteiger partial charge in [-0.25, -0.2) is 9.88 Å². The number of carbonyl (C=O) groups is 2. The van der Waals surface area contributed by atoms with Gasteiger partial charge >= 0.3 is 0 Å². The Morgan fingerprint density at radius 1 is 1.04 bits per heavy atom. The molecule has 0 bridgehead atoms. The Balaban J connectivity index is 1.72. The number of imidazole rings is 1. The summed E-state index contributed by atoms with van der Waals surface area (Å²) in [5.41, 5.74) is 3.17. The number of aryl methyl sites for hydroxylation is 1. The fourth-order valence-electron chi connectivity index (χ4n) is 3.08. The number of hydrogen-bond donors (Lipinski definition) is 1. The van der Waals surface area contributed by atoms with Crippen molar-refractivity contribution in [3.8, 4) is 0 Å². The van der Waals surface area contributed by atoms with Crippen molar-refractivity contribution in [2.45, 2.75) is 26.2 Å². The van der Waals surface area contributed by atoms with E-state index in [-0.39, 0.29) is 11.8 Å². The van der Waals surface area contributed by atoms with Crippen molar-refractivity contribution in [1.82, 2.24) is 9.97 Å². The molecule has 24 heavy (non-hydrogen) atoms. The number of benzene rings is 2. The number of hydrogen-bond acceptors (Lipinski definition) is 3. The van der Waals surface area contributed by atoms with Gasteiger partial charge in [-0.3, -0.25) is 9.59 Å². The molecule has 0 unspecified atom stereocenters. The minimum Gasteiger partial charge on any atom is -0.342 e. The first-order chi connectivity index (χ1) is 11.7. The second kappa shape index (κ2) is 5.60. The van der Waals surface area contributed by atoms with Gasteiger partial charge in [-0.05, 0) is 36.8 Å². The van der Waals surface area contributed by atoms with Crippen LogP contribution in [0.15, 0.2) is 42.5 Å². The molecule has 0 radical (unpaired) electrons. The molecule has 120 valence electrons. The van der Waals surface area contributed by atoms with E-state index in [1.807, 2.05) is 12.1 Å². The molecule has 0 spiro atoms. The van der Waals surface area contributed by atoms with E-state index >= 15 is 0 Å². The summed E-state index contributed by atoms with van der Waals surface area (Å²) >= 11 is 0. The number of amides is 2. The lowest BCUT2D eigenvalue weighted by Crippen LogP contribution is -2.29. The lowest BCUT2D eigenvalue weighted by atomic mass is 10.1. The van der Waals surface area contributed by atoms with E-state index in [2.05, 4.69) is 16.9 Å². The van der Waals surface area contributed by atoms with Crippen molar-refractivity contribution in [2.75, 3.05) is 4.90 Å². The fourth-order valence-corrected chi connectivity index (χ4v) is 3.08. The van der Waals surface area contributed by atoms with Crippen LogP contribution < -0.4 is 4.90 Å². The summed E-state index contributed by atoms with van der Waals surface area (Å²) in [6.45, 7) is 2.14. The smallest absolute Gasteiger partial charge is 0.266 e. The number of rotatable bonds is 4. The van der Waals surface area contributed by atoms with Crippen LogP contribution in [0.25, 0.3) is 11.0 Å². The Morgan fingerprint density at radius 2 is 1.75 bits per heavy atom. The summed E-state index contributed by atoms with van der Waals surface area (Å²) in [4.78, 5) is 34.2. The first kappa shape index (κ1) is 14.6. The average Bonchev–Trinajstić information content (AvgIpc) is 3.12. The van der Waals surface area contributed by atoms with Crippen LogP contribution in [0.3, 0.4) is 0 Å². The van der Waals surface area contributed by atoms with E-state index in [0.717, 1.165) is 36.1 Å². The van der Waals surface area contributed by atoms with E-state index in [4.69, 9.17) is 0 Å². The lowest BCUT2D eigenvalue weighted by Gasteiger charge is -2.13. The number of imide groups is 1. The van der Waals surface area contributed by atoms with Gasteiger partial charge < -0.3 is 4.98 Å². The molecular weight excluding hydrogens is 302 g/mol. The molecule has 4 rings (SSSR count). The molecule has 1 aromatic heterocycles. The molecule has 3 aromatic rings. The zero-order chi connectivity index (χ0) is 16.7. The Kier molecular flexibility index (Phi) is 3.41. The monoisotopic (exact) mass is 319 g/mol. The van der Waals surface area contributed by atoms with E-state index in [9.17, 15) is 9.59 Å². The Morgan fingerprint density at radius 3 is 2.42 bits per heavy atom. The van der Waals surface area contributed by atoms with Crippen molar-refractivity contribution in [2.24, 2.45) is 0 Å². The van der Waals surface area contributed by atoms with Crippen molar-refractivity contribution in [3.05, 3.63) is 59.4 Å². The summed E-state index contributed by atoms with van der Waals surface area (Å²) in [5.74, 6) is 0.382. The van der Waals surface area contributed by atoms with Crippen LogP contribution in [0.1, 0.15) is 46.3 Å². The van der Waals surface area contributed by atoms with Crippen molar-refractivity contribution < 1.29 is 9.59 Å². The minimum atomic E-state index is -0.277. The number of nitrogens with one attached hydrogen (secondary N) is 1. The topological polar surface area (TPSA) is 66.1 Å². The zero-order valence-electron chi connectivity index (χ0n) is 13.4. The lowest BCUT2D eigenvalue weighted by molar-refractivity contribution is 0.0926. The Bertz CT molecular complexity index is 923. The fraction of sp³-hybridized carbons (Fsp3) is 0.211. The van der Waals surface area contributed by atoms with Gasteiger partial charge in [0.1, 0.15) is 5.82 Å². The standard InChI is InChI=1S/C19H17N3O2/c1-2-3-8-17-20-15-10-9-12(11-16(15)21-17)22-18(23)13-6-4-5-7-14(13)19(22)24/h4-7,9-11H,2-3,8H2,1H3,(H,20,21). The normalized spacial score (nSPS) is 13.8. The van der Waals surface area contributed by atoms with Gasteiger partial charge in [0.2, 0.25) is 0 Å². The van der Waals surface area contributed by atoms with Crippen LogP contribution in [0.5, 0.6) is 0 Å². The highest BCUT2D eigenvalue weighted by atomic mass is 16.2. The summed E-state index contributed by atoms with van der Waals surface area (Å²) < 4.78 is 0. The molecule has 0 fully saturated rings. The van der Waals surface area contributed by atoms with E-state index in [1.54, 1.807) is 30.3 Å². The van der Waals surface area contributed by atoms with Crippen LogP contribution in [-0.4, -0.2) is 21.8 Å². The predicted octanol–water partition coefficient (Wildman–Crippen LogP) is 3.71. The van der Waals surface area contributed by atoms with Gasteiger partial charge in [0.25, 0.3) is 11.8 Å². The van der Waals surface area contributed by atoms with E-state index < -0.39 is 0 Å². The highest BCUT2D eigenvalue weighted by molar-refractivity contribution is 6.34. The second-order valence-corrected chi connectivity index (χ2v) is 5.98. The number of nitrogens with zero attached hydrogens (tertiary/aromatic N) is 2. The van der Waals surface area contributed by atoms with Crippen LogP contribution >= 0.6 is 0 Å². The minimum absolute atomic E-state index is 0.277. The number of aromatic nitrogens is 2. The van der Waals surface area contributed by atoms with Gasteiger partial charge in [0.05, 0.1) is 27.8 Å². The average molecular weight is 319 g/mol. The number of aromatic amines is 1. The molecule has 2 heterocycles. The molecule has 0 saturated heterocycles. The van der Waals surface area contributed by atoms with Crippen LogP contribution in [0.4, 0.5) is 5.69 Å². The zero-order valence-corrected chi connectivity index (χ0v) is 13.4. The number of anilines is 1. The number of carbonyl (C=O) groups excluding carboxylic acids is 2. The first-order valence-electron chi connectivity index (χ1n) is 8.15. The van der Waals surface area contributed by atoms with Gasteiger partial charge in [-0.2, -0.15) is 0 Å². The molecule has 0 saturated carbocycles. The largest absolute Gasteiger partial charge is 0.342 e. The molecule has 1 aliphatic rings. The van der Waals surface area contributed by atoms with E-state index in [1.165, 1.54) is 4.90 Å². The van der Waals surface area contributed by atoms with Gasteiger partial charge in [0, 0.05) is 6.42 Å². The van der Waals surface area contributed by atoms with Crippen molar-refractivity contribution >= 4 is 28.5 Å². The molecule has 5 heteroatoms.